The van der Waals surface area contributed by atoms with Crippen LogP contribution in [0.1, 0.15) is 5.56 Å². The van der Waals surface area contributed by atoms with Crippen LogP contribution in [0.3, 0.4) is 0 Å². The Morgan fingerprint density at radius 1 is 1.50 bits per heavy atom. The van der Waals surface area contributed by atoms with Crippen molar-refractivity contribution in [2.45, 2.75) is 6.92 Å². The number of nitrogens with one attached hydrogen (secondary N) is 2. The maximum atomic E-state index is 11.4. The molecule has 6 nitrogen and oxygen atoms in total. The molecule has 1 heterocycles. The van der Waals surface area contributed by atoms with Crippen molar-refractivity contribution in [2.24, 2.45) is 0 Å². The van der Waals surface area contributed by atoms with Gasteiger partial charge in [0.2, 0.25) is 11.9 Å². The number of hydrogen-bond acceptors (Lipinski definition) is 5. The number of anilines is 2. The number of likely N-dealkylation sites (N-methyl/N-ethyl adjacent to an activating group) is 1. The fourth-order valence-electron chi connectivity index (χ4n) is 1.06. The second kappa shape index (κ2) is 5.29. The minimum absolute atomic E-state index is 0.00372. The van der Waals surface area contributed by atoms with E-state index in [2.05, 4.69) is 20.6 Å². The minimum Gasteiger partial charge on any atom is -0.361 e. The predicted molar refractivity (Wildman–Crippen MR) is 63.5 cm³/mol. The van der Waals surface area contributed by atoms with E-state index in [1.165, 1.54) is 4.90 Å². The van der Waals surface area contributed by atoms with Crippen LogP contribution >= 0.6 is 0 Å². The first-order valence-electron chi connectivity index (χ1n) is 5.00. The Bertz CT molecular complexity index is 377. The van der Waals surface area contributed by atoms with Gasteiger partial charge in [0, 0.05) is 32.9 Å². The Balaban J connectivity index is 2.69. The summed E-state index contributed by atoms with van der Waals surface area (Å²) in [7, 11) is 5.19. The van der Waals surface area contributed by atoms with Crippen molar-refractivity contribution in [3.63, 3.8) is 0 Å². The first kappa shape index (κ1) is 12.2. The van der Waals surface area contributed by atoms with E-state index in [1.807, 2.05) is 6.92 Å². The molecule has 0 aliphatic carbocycles. The lowest BCUT2D eigenvalue weighted by atomic mass is 10.3. The van der Waals surface area contributed by atoms with Crippen LogP contribution in [-0.2, 0) is 4.79 Å². The van der Waals surface area contributed by atoms with E-state index in [0.29, 0.717) is 11.8 Å². The molecule has 0 atom stereocenters. The molecule has 1 aromatic heterocycles. The zero-order valence-corrected chi connectivity index (χ0v) is 10.0. The van der Waals surface area contributed by atoms with Crippen molar-refractivity contribution in [3.05, 3.63) is 11.8 Å². The summed E-state index contributed by atoms with van der Waals surface area (Å²) < 4.78 is 0. The van der Waals surface area contributed by atoms with E-state index in [4.69, 9.17) is 0 Å². The van der Waals surface area contributed by atoms with Crippen LogP contribution in [0.4, 0.5) is 11.8 Å². The van der Waals surface area contributed by atoms with E-state index in [1.54, 1.807) is 27.3 Å². The van der Waals surface area contributed by atoms with E-state index in [-0.39, 0.29) is 12.5 Å². The number of aromatic nitrogens is 2. The normalized spacial score (nSPS) is 9.75. The number of hydrogen-bond donors (Lipinski definition) is 2. The molecule has 0 aliphatic rings. The van der Waals surface area contributed by atoms with Gasteiger partial charge in [-0.1, -0.05) is 0 Å². The molecule has 0 saturated carbocycles. The zero-order valence-electron chi connectivity index (χ0n) is 10.0. The molecule has 0 radical (unpaired) electrons. The lowest BCUT2D eigenvalue weighted by Gasteiger charge is -2.12. The Hall–Kier alpha value is -1.85. The molecule has 0 bridgehead atoms. The highest BCUT2D eigenvalue weighted by Gasteiger charge is 2.06. The van der Waals surface area contributed by atoms with Crippen LogP contribution in [-0.4, -0.2) is 48.5 Å². The van der Waals surface area contributed by atoms with Gasteiger partial charge in [0.25, 0.3) is 0 Å². The highest BCUT2D eigenvalue weighted by molar-refractivity contribution is 5.80. The Kier molecular flexibility index (Phi) is 4.04. The van der Waals surface area contributed by atoms with E-state index in [0.717, 1.165) is 5.56 Å². The van der Waals surface area contributed by atoms with Crippen molar-refractivity contribution < 1.29 is 4.79 Å². The van der Waals surface area contributed by atoms with Crippen LogP contribution in [0.2, 0.25) is 0 Å². The van der Waals surface area contributed by atoms with E-state index >= 15 is 0 Å². The van der Waals surface area contributed by atoms with Gasteiger partial charge in [-0.05, 0) is 6.92 Å². The summed E-state index contributed by atoms with van der Waals surface area (Å²) in [4.78, 5) is 21.2. The number of amides is 1. The molecule has 88 valence electrons. The largest absolute Gasteiger partial charge is 0.361 e. The summed E-state index contributed by atoms with van der Waals surface area (Å²) in [5.41, 5.74) is 0.908. The van der Waals surface area contributed by atoms with Crippen molar-refractivity contribution in [3.8, 4) is 0 Å². The third kappa shape index (κ3) is 3.08. The van der Waals surface area contributed by atoms with Crippen molar-refractivity contribution >= 4 is 17.7 Å². The molecule has 0 fully saturated rings. The summed E-state index contributed by atoms with van der Waals surface area (Å²) in [6, 6.07) is 0. The van der Waals surface area contributed by atoms with E-state index in [9.17, 15) is 4.79 Å². The molecule has 1 aromatic rings. The number of carbonyl (C=O) groups excluding carboxylic acids is 1. The van der Waals surface area contributed by atoms with Gasteiger partial charge >= 0.3 is 0 Å². The fraction of sp³-hybridized carbons (Fsp3) is 0.500. The quantitative estimate of drug-likeness (QED) is 0.769. The molecule has 1 amide bonds. The molecule has 16 heavy (non-hydrogen) atoms. The first-order chi connectivity index (χ1) is 7.54. The molecule has 6 heteroatoms. The zero-order chi connectivity index (χ0) is 12.1. The number of nitrogens with zero attached hydrogens (tertiary/aromatic N) is 3. The molecular formula is C10H17N5O. The number of rotatable bonds is 4. The van der Waals surface area contributed by atoms with Crippen molar-refractivity contribution in [1.82, 2.24) is 14.9 Å². The highest BCUT2D eigenvalue weighted by atomic mass is 16.2. The second-order valence-corrected chi connectivity index (χ2v) is 3.62. The Labute approximate surface area is 95.1 Å². The lowest BCUT2D eigenvalue weighted by Crippen LogP contribution is -2.29. The average molecular weight is 223 g/mol. The standard InChI is InChI=1S/C10H17N5O/c1-7-5-13-10(11-2)14-9(7)12-6-8(16)15(3)4/h5H,6H2,1-4H3,(H2,11,12,13,14). The molecule has 1 rings (SSSR count). The SMILES string of the molecule is CNc1ncc(C)c(NCC(=O)N(C)C)n1. The summed E-state index contributed by atoms with van der Waals surface area (Å²) in [5.74, 6) is 1.21. The molecule has 0 spiro atoms. The van der Waals surface area contributed by atoms with Crippen molar-refractivity contribution in [1.29, 1.82) is 0 Å². The molecular weight excluding hydrogens is 206 g/mol. The number of carbonyl (C=O) groups is 1. The van der Waals surface area contributed by atoms with Crippen molar-refractivity contribution in [2.75, 3.05) is 38.3 Å². The third-order valence-corrected chi connectivity index (χ3v) is 2.10. The smallest absolute Gasteiger partial charge is 0.241 e. The van der Waals surface area contributed by atoms with Gasteiger partial charge < -0.3 is 15.5 Å². The van der Waals surface area contributed by atoms with Crippen LogP contribution in [0.5, 0.6) is 0 Å². The fourth-order valence-corrected chi connectivity index (χ4v) is 1.06. The molecule has 0 aliphatic heterocycles. The van der Waals surface area contributed by atoms with Gasteiger partial charge in [-0.2, -0.15) is 4.98 Å². The Morgan fingerprint density at radius 2 is 2.19 bits per heavy atom. The van der Waals surface area contributed by atoms with Gasteiger partial charge in [-0.25, -0.2) is 4.98 Å². The van der Waals surface area contributed by atoms with Crippen LogP contribution in [0.15, 0.2) is 6.20 Å². The summed E-state index contributed by atoms with van der Waals surface area (Å²) in [6.45, 7) is 2.12. The van der Waals surface area contributed by atoms with Gasteiger partial charge in [0.15, 0.2) is 0 Å². The lowest BCUT2D eigenvalue weighted by molar-refractivity contribution is -0.126. The van der Waals surface area contributed by atoms with Crippen LogP contribution < -0.4 is 10.6 Å². The van der Waals surface area contributed by atoms with Gasteiger partial charge in [-0.15, -0.1) is 0 Å². The van der Waals surface area contributed by atoms with Crippen LogP contribution in [0.25, 0.3) is 0 Å². The number of aryl methyl sites for hydroxylation is 1. The Morgan fingerprint density at radius 3 is 2.75 bits per heavy atom. The maximum absolute atomic E-state index is 11.4. The highest BCUT2D eigenvalue weighted by Crippen LogP contribution is 2.11. The molecule has 0 unspecified atom stereocenters. The average Bonchev–Trinajstić information content (AvgIpc) is 2.27. The third-order valence-electron chi connectivity index (χ3n) is 2.10. The van der Waals surface area contributed by atoms with Gasteiger partial charge in [0.1, 0.15) is 5.82 Å². The summed E-state index contributed by atoms with van der Waals surface area (Å²) in [6.07, 6.45) is 1.71. The minimum atomic E-state index is 0.00372. The van der Waals surface area contributed by atoms with Gasteiger partial charge in [-0.3, -0.25) is 4.79 Å². The molecule has 2 N–H and O–H groups in total. The van der Waals surface area contributed by atoms with Crippen LogP contribution in [0, 0.1) is 6.92 Å². The first-order valence-corrected chi connectivity index (χ1v) is 5.00. The summed E-state index contributed by atoms with van der Waals surface area (Å²) >= 11 is 0. The molecule has 0 saturated heterocycles. The van der Waals surface area contributed by atoms with E-state index < -0.39 is 0 Å². The monoisotopic (exact) mass is 223 g/mol. The maximum Gasteiger partial charge on any atom is 0.241 e. The van der Waals surface area contributed by atoms with Gasteiger partial charge in [0.05, 0.1) is 6.54 Å². The second-order valence-electron chi connectivity index (χ2n) is 3.62. The summed E-state index contributed by atoms with van der Waals surface area (Å²) in [5, 5.41) is 5.83. The topological polar surface area (TPSA) is 70.2 Å². The molecule has 0 aromatic carbocycles. The predicted octanol–water partition coefficient (Wildman–Crippen LogP) is 0.327.